The number of rotatable bonds is 10. The van der Waals surface area contributed by atoms with Crippen LogP contribution >= 0.6 is 0 Å². The molecule has 7 nitrogen and oxygen atoms in total. The van der Waals surface area contributed by atoms with Crippen LogP contribution in [-0.4, -0.2) is 55.7 Å². The molecule has 0 bridgehead atoms. The molecule has 196 valence electrons. The highest BCUT2D eigenvalue weighted by molar-refractivity contribution is 6.07. The topological polar surface area (TPSA) is 72.9 Å². The number of nitrogens with one attached hydrogen (secondary N) is 1. The molecule has 6 rings (SSSR count). The number of carbonyl (C=O) groups excluding carboxylic acids is 1. The number of pyridine rings is 1. The number of hydrogen-bond acceptors (Lipinski definition) is 6. The summed E-state index contributed by atoms with van der Waals surface area (Å²) in [6.07, 6.45) is 6.78. The van der Waals surface area contributed by atoms with E-state index in [1.54, 1.807) is 20.4 Å². The molecule has 7 heteroatoms. The summed E-state index contributed by atoms with van der Waals surface area (Å²) in [7, 11) is 5.52. The first kappa shape index (κ1) is 24.5. The Morgan fingerprint density at radius 1 is 1.05 bits per heavy atom. The van der Waals surface area contributed by atoms with Gasteiger partial charge in [0.1, 0.15) is 18.1 Å². The second-order valence-electron chi connectivity index (χ2n) is 10.5. The van der Waals surface area contributed by atoms with Gasteiger partial charge in [0.05, 0.1) is 18.2 Å². The van der Waals surface area contributed by atoms with Crippen molar-refractivity contribution in [2.75, 3.05) is 34.4 Å². The van der Waals surface area contributed by atoms with E-state index >= 15 is 0 Å². The predicted molar refractivity (Wildman–Crippen MR) is 149 cm³/mol. The van der Waals surface area contributed by atoms with Gasteiger partial charge in [0.15, 0.2) is 11.5 Å². The maximum Gasteiger partial charge on any atom is 0.251 e. The number of benzene rings is 3. The summed E-state index contributed by atoms with van der Waals surface area (Å²) in [5, 5.41) is 5.33. The van der Waals surface area contributed by atoms with Gasteiger partial charge in [0, 0.05) is 36.8 Å². The van der Waals surface area contributed by atoms with E-state index in [1.807, 2.05) is 54.6 Å². The van der Waals surface area contributed by atoms with Crippen molar-refractivity contribution in [3.05, 3.63) is 66.4 Å². The number of fused-ring (bicyclic) bond motifs is 2. The van der Waals surface area contributed by atoms with Gasteiger partial charge in [0.25, 0.3) is 5.91 Å². The minimum absolute atomic E-state index is 0.114. The molecule has 1 N–H and O–H groups in total. The second-order valence-corrected chi connectivity index (χ2v) is 10.5. The lowest BCUT2D eigenvalue weighted by Gasteiger charge is -2.28. The van der Waals surface area contributed by atoms with E-state index < -0.39 is 0 Å². The van der Waals surface area contributed by atoms with E-state index in [-0.39, 0.29) is 11.4 Å². The molecule has 0 radical (unpaired) electrons. The largest absolute Gasteiger partial charge is 0.493 e. The van der Waals surface area contributed by atoms with E-state index in [4.69, 9.17) is 14.2 Å². The van der Waals surface area contributed by atoms with E-state index in [0.29, 0.717) is 35.2 Å². The number of hydrogen-bond donors (Lipinski definition) is 1. The summed E-state index contributed by atoms with van der Waals surface area (Å²) in [4.78, 5) is 19.3. The van der Waals surface area contributed by atoms with Gasteiger partial charge in [-0.25, -0.2) is 0 Å². The van der Waals surface area contributed by atoms with Gasteiger partial charge in [-0.05, 0) is 85.8 Å². The van der Waals surface area contributed by atoms with Crippen molar-refractivity contribution >= 4 is 27.6 Å². The Morgan fingerprint density at radius 3 is 2.63 bits per heavy atom. The second kappa shape index (κ2) is 9.80. The molecule has 2 aliphatic rings. The first-order valence-electron chi connectivity index (χ1n) is 13.2. The quantitative estimate of drug-likeness (QED) is 0.290. The molecule has 0 atom stereocenters. The molecule has 4 aromatic rings. The summed E-state index contributed by atoms with van der Waals surface area (Å²) in [5.74, 6) is 3.44. The third-order valence-electron chi connectivity index (χ3n) is 7.90. The highest BCUT2D eigenvalue weighted by atomic mass is 16.5. The first-order chi connectivity index (χ1) is 18.5. The zero-order chi connectivity index (χ0) is 26.3. The molecular weight excluding hydrogens is 478 g/mol. The third-order valence-corrected chi connectivity index (χ3v) is 7.90. The van der Waals surface area contributed by atoms with Crippen molar-refractivity contribution in [3.8, 4) is 23.0 Å². The van der Waals surface area contributed by atoms with Crippen LogP contribution in [-0.2, 0) is 0 Å². The lowest BCUT2D eigenvalue weighted by molar-refractivity contribution is 0.0964. The minimum Gasteiger partial charge on any atom is -0.493 e. The third kappa shape index (κ3) is 4.74. The fourth-order valence-corrected chi connectivity index (χ4v) is 5.15. The van der Waals surface area contributed by atoms with Crippen LogP contribution in [0.15, 0.2) is 60.8 Å². The molecule has 3 aromatic carbocycles. The van der Waals surface area contributed by atoms with Gasteiger partial charge in [-0.3, -0.25) is 14.7 Å². The molecule has 0 spiro atoms. The predicted octanol–water partition coefficient (Wildman–Crippen LogP) is 5.80. The number of nitrogens with zero attached hydrogens (tertiary/aromatic N) is 2. The van der Waals surface area contributed by atoms with Crippen molar-refractivity contribution in [2.45, 2.75) is 31.2 Å². The molecule has 1 heterocycles. The fourth-order valence-electron chi connectivity index (χ4n) is 5.15. The molecule has 2 saturated carbocycles. The summed E-state index contributed by atoms with van der Waals surface area (Å²) < 4.78 is 18.4. The van der Waals surface area contributed by atoms with Gasteiger partial charge in [-0.15, -0.1) is 0 Å². The number of likely N-dealkylation sites (N-methyl/N-ethyl adjacent to an activating group) is 1. The summed E-state index contributed by atoms with van der Waals surface area (Å²) in [6.45, 7) is 1.80. The molecule has 38 heavy (non-hydrogen) atoms. The minimum atomic E-state index is -0.114. The van der Waals surface area contributed by atoms with Gasteiger partial charge < -0.3 is 19.5 Å². The lowest BCUT2D eigenvalue weighted by Crippen LogP contribution is -2.40. The Labute approximate surface area is 222 Å². The van der Waals surface area contributed by atoms with Gasteiger partial charge in [-0.2, -0.15) is 0 Å². The number of methoxy groups -OCH3 is 1. The SMILES string of the molecule is CNC(=O)c1cccc2cc(Oc3ccnc4cc(OCC5(N(C)CC6CC6)CC5)c(OC)cc34)ccc12. The van der Waals surface area contributed by atoms with E-state index in [0.717, 1.165) is 34.1 Å². The van der Waals surface area contributed by atoms with Crippen LogP contribution in [0.2, 0.25) is 0 Å². The van der Waals surface area contributed by atoms with Crippen LogP contribution in [0.1, 0.15) is 36.0 Å². The molecule has 1 aromatic heterocycles. The van der Waals surface area contributed by atoms with Crippen molar-refractivity contribution in [2.24, 2.45) is 5.92 Å². The van der Waals surface area contributed by atoms with Crippen molar-refractivity contribution in [1.82, 2.24) is 15.2 Å². The molecule has 0 aliphatic heterocycles. The number of aromatic nitrogens is 1. The van der Waals surface area contributed by atoms with Gasteiger partial charge >= 0.3 is 0 Å². The van der Waals surface area contributed by atoms with E-state index in [2.05, 4.69) is 22.2 Å². The Bertz CT molecular complexity index is 1510. The van der Waals surface area contributed by atoms with Crippen LogP contribution < -0.4 is 19.5 Å². The zero-order valence-electron chi connectivity index (χ0n) is 22.1. The van der Waals surface area contributed by atoms with E-state index in [1.165, 1.54) is 25.7 Å². The van der Waals surface area contributed by atoms with Crippen LogP contribution in [0, 0.1) is 5.92 Å². The Balaban J connectivity index is 1.25. The lowest BCUT2D eigenvalue weighted by atomic mass is 10.0. The molecule has 1 amide bonds. The van der Waals surface area contributed by atoms with Gasteiger partial charge in [0.2, 0.25) is 0 Å². The maximum atomic E-state index is 12.2. The summed E-state index contributed by atoms with van der Waals surface area (Å²) in [5.41, 5.74) is 1.54. The molecule has 0 saturated heterocycles. The highest BCUT2D eigenvalue weighted by Crippen LogP contribution is 2.45. The smallest absolute Gasteiger partial charge is 0.251 e. The monoisotopic (exact) mass is 511 g/mol. The number of ether oxygens (including phenoxy) is 3. The highest BCUT2D eigenvalue weighted by Gasteiger charge is 2.48. The van der Waals surface area contributed by atoms with Crippen molar-refractivity contribution in [3.63, 3.8) is 0 Å². The van der Waals surface area contributed by atoms with Crippen molar-refractivity contribution < 1.29 is 19.0 Å². The summed E-state index contributed by atoms with van der Waals surface area (Å²) in [6, 6.07) is 17.1. The van der Waals surface area contributed by atoms with Gasteiger partial charge in [-0.1, -0.05) is 12.1 Å². The Kier molecular flexibility index (Phi) is 6.32. The molecular formula is C31H33N3O4. The number of carbonyl (C=O) groups is 1. The van der Waals surface area contributed by atoms with Crippen LogP contribution in [0.25, 0.3) is 21.7 Å². The number of amides is 1. The zero-order valence-corrected chi connectivity index (χ0v) is 22.1. The van der Waals surface area contributed by atoms with E-state index in [9.17, 15) is 4.79 Å². The maximum absolute atomic E-state index is 12.2. The molecule has 2 fully saturated rings. The average molecular weight is 512 g/mol. The molecule has 0 unspecified atom stereocenters. The van der Waals surface area contributed by atoms with Crippen molar-refractivity contribution in [1.29, 1.82) is 0 Å². The summed E-state index contributed by atoms with van der Waals surface area (Å²) >= 11 is 0. The first-order valence-corrected chi connectivity index (χ1v) is 13.2. The molecule has 2 aliphatic carbocycles. The van der Waals surface area contributed by atoms with Crippen LogP contribution in [0.5, 0.6) is 23.0 Å². The van der Waals surface area contributed by atoms with Crippen LogP contribution in [0.3, 0.4) is 0 Å². The fraction of sp³-hybridized carbons (Fsp3) is 0.355. The normalized spacial score (nSPS) is 16.0. The Morgan fingerprint density at radius 2 is 1.89 bits per heavy atom. The van der Waals surface area contributed by atoms with Crippen LogP contribution in [0.4, 0.5) is 0 Å². The standard InChI is InChI=1S/C31H33N3O4/c1-32-30(35)24-6-4-5-21-15-22(9-10-23(21)24)38-27-11-14-33-26-17-29(28(36-3)16-25(26)27)37-19-31(12-13-31)34(2)18-20-7-8-20/h4-6,9-11,14-17,20H,7-8,12-13,18-19H2,1-3H3,(H,32,35). The Hall–Kier alpha value is -3.84. The average Bonchev–Trinajstić information content (AvgIpc) is 3.87.